The van der Waals surface area contributed by atoms with Crippen molar-refractivity contribution in [3.05, 3.63) is 66.2 Å². The van der Waals surface area contributed by atoms with Gasteiger partial charge in [-0.2, -0.15) is 0 Å². The standard InChI is InChI=1S/C16H15N3O3/c20-15(21)14(11-12-7-3-1-4-8-12)17-16(22)19-18-13-9-5-2-6-10-13/h1-10,14H,11H2,(H,17,22)(H,20,21)/t14-/m0/s1. The molecule has 2 amide bonds. The molecule has 2 rings (SSSR count). The minimum atomic E-state index is -1.12. The van der Waals surface area contributed by atoms with Gasteiger partial charge in [0, 0.05) is 6.42 Å². The summed E-state index contributed by atoms with van der Waals surface area (Å²) in [5.74, 6) is -1.12. The van der Waals surface area contributed by atoms with Gasteiger partial charge >= 0.3 is 12.0 Å². The molecule has 0 saturated heterocycles. The number of carbonyl (C=O) groups is 2. The quantitative estimate of drug-likeness (QED) is 0.830. The molecule has 1 atom stereocenters. The van der Waals surface area contributed by atoms with Crippen LogP contribution in [0.25, 0.3) is 0 Å². The van der Waals surface area contributed by atoms with Crippen molar-refractivity contribution >= 4 is 17.7 Å². The molecule has 2 aromatic carbocycles. The Hall–Kier alpha value is -3.02. The maximum atomic E-state index is 11.7. The average Bonchev–Trinajstić information content (AvgIpc) is 2.54. The first kappa shape index (κ1) is 15.4. The Morgan fingerprint density at radius 3 is 2.18 bits per heavy atom. The second-order valence-electron chi connectivity index (χ2n) is 4.57. The molecule has 2 N–H and O–H groups in total. The van der Waals surface area contributed by atoms with E-state index in [1.165, 1.54) is 0 Å². The van der Waals surface area contributed by atoms with E-state index in [4.69, 9.17) is 0 Å². The third kappa shape index (κ3) is 4.82. The summed E-state index contributed by atoms with van der Waals surface area (Å²) in [5, 5.41) is 18.7. The lowest BCUT2D eigenvalue weighted by Gasteiger charge is -2.12. The molecule has 0 spiro atoms. The second-order valence-corrected chi connectivity index (χ2v) is 4.57. The van der Waals surface area contributed by atoms with E-state index in [0.29, 0.717) is 5.69 Å². The molecular weight excluding hydrogens is 282 g/mol. The van der Waals surface area contributed by atoms with Crippen LogP contribution in [0.3, 0.4) is 0 Å². The largest absolute Gasteiger partial charge is 0.480 e. The summed E-state index contributed by atoms with van der Waals surface area (Å²) in [7, 11) is 0. The third-order valence-electron chi connectivity index (χ3n) is 2.89. The normalized spacial score (nSPS) is 12.0. The predicted molar refractivity (Wildman–Crippen MR) is 81.1 cm³/mol. The smallest absolute Gasteiger partial charge is 0.360 e. The summed E-state index contributed by atoms with van der Waals surface area (Å²) in [6.45, 7) is 0. The van der Waals surface area contributed by atoms with Gasteiger partial charge in [0.15, 0.2) is 0 Å². The lowest BCUT2D eigenvalue weighted by Crippen LogP contribution is -2.40. The molecule has 6 nitrogen and oxygen atoms in total. The maximum Gasteiger partial charge on any atom is 0.360 e. The summed E-state index contributed by atoms with van der Waals surface area (Å²) in [6, 6.07) is 16.0. The fraction of sp³-hybridized carbons (Fsp3) is 0.125. The van der Waals surface area contributed by atoms with Crippen LogP contribution in [-0.2, 0) is 11.2 Å². The highest BCUT2D eigenvalue weighted by Crippen LogP contribution is 2.10. The van der Waals surface area contributed by atoms with E-state index in [0.717, 1.165) is 5.56 Å². The van der Waals surface area contributed by atoms with E-state index >= 15 is 0 Å². The topological polar surface area (TPSA) is 91.1 Å². The zero-order valence-corrected chi connectivity index (χ0v) is 11.7. The number of aliphatic carboxylic acids is 1. The highest BCUT2D eigenvalue weighted by Gasteiger charge is 2.20. The molecule has 0 aliphatic heterocycles. The van der Waals surface area contributed by atoms with Crippen LogP contribution in [-0.4, -0.2) is 23.1 Å². The summed E-state index contributed by atoms with van der Waals surface area (Å²) < 4.78 is 0. The van der Waals surface area contributed by atoms with E-state index in [-0.39, 0.29) is 6.42 Å². The SMILES string of the molecule is O=C(N=Nc1ccccc1)N[C@@H](Cc1ccccc1)C(=O)O. The van der Waals surface area contributed by atoms with Gasteiger partial charge in [0.25, 0.3) is 0 Å². The first-order valence-corrected chi connectivity index (χ1v) is 6.69. The minimum Gasteiger partial charge on any atom is -0.480 e. The molecule has 0 fully saturated rings. The average molecular weight is 297 g/mol. The molecule has 0 bridgehead atoms. The third-order valence-corrected chi connectivity index (χ3v) is 2.89. The van der Waals surface area contributed by atoms with Gasteiger partial charge in [-0.3, -0.25) is 0 Å². The highest BCUT2D eigenvalue weighted by molar-refractivity contribution is 5.83. The van der Waals surface area contributed by atoms with E-state index in [9.17, 15) is 14.7 Å². The van der Waals surface area contributed by atoms with Gasteiger partial charge in [-0.25, -0.2) is 9.59 Å². The first-order chi connectivity index (χ1) is 10.6. The fourth-order valence-corrected chi connectivity index (χ4v) is 1.83. The Kier molecular flexibility index (Phi) is 5.37. The van der Waals surface area contributed by atoms with Gasteiger partial charge in [-0.1, -0.05) is 53.6 Å². The van der Waals surface area contributed by atoms with Crippen molar-refractivity contribution in [2.45, 2.75) is 12.5 Å². The van der Waals surface area contributed by atoms with Crippen LogP contribution in [0, 0.1) is 0 Å². The zero-order valence-electron chi connectivity index (χ0n) is 11.7. The summed E-state index contributed by atoms with van der Waals surface area (Å²) in [4.78, 5) is 22.9. The van der Waals surface area contributed by atoms with Crippen LogP contribution < -0.4 is 5.32 Å². The number of hydrogen-bond acceptors (Lipinski definition) is 3. The number of amides is 2. The van der Waals surface area contributed by atoms with E-state index in [1.807, 2.05) is 24.3 Å². The number of rotatable bonds is 5. The highest BCUT2D eigenvalue weighted by atomic mass is 16.4. The molecule has 112 valence electrons. The van der Waals surface area contributed by atoms with Crippen molar-refractivity contribution in [3.63, 3.8) is 0 Å². The molecule has 0 aliphatic rings. The van der Waals surface area contributed by atoms with E-state index in [2.05, 4.69) is 15.5 Å². The lowest BCUT2D eigenvalue weighted by atomic mass is 10.1. The van der Waals surface area contributed by atoms with Gasteiger partial charge in [0.1, 0.15) is 6.04 Å². The summed E-state index contributed by atoms with van der Waals surface area (Å²) in [5.41, 5.74) is 1.34. The Bertz CT molecular complexity index is 657. The Morgan fingerprint density at radius 2 is 1.59 bits per heavy atom. The number of nitrogens with one attached hydrogen (secondary N) is 1. The van der Waals surface area contributed by atoms with Crippen LogP contribution in [0.15, 0.2) is 70.9 Å². The van der Waals surface area contributed by atoms with Gasteiger partial charge < -0.3 is 10.4 Å². The van der Waals surface area contributed by atoms with Crippen molar-refractivity contribution in [2.75, 3.05) is 0 Å². The number of nitrogens with zero attached hydrogens (tertiary/aromatic N) is 2. The van der Waals surface area contributed by atoms with Crippen molar-refractivity contribution in [1.82, 2.24) is 5.32 Å². The molecule has 0 radical (unpaired) electrons. The number of carboxylic acid groups (broad SMARTS) is 1. The zero-order chi connectivity index (χ0) is 15.8. The molecule has 0 aromatic heterocycles. The van der Waals surface area contributed by atoms with Crippen LogP contribution in [0.2, 0.25) is 0 Å². The predicted octanol–water partition coefficient (Wildman–Crippen LogP) is 3.18. The Morgan fingerprint density at radius 1 is 1.00 bits per heavy atom. The van der Waals surface area contributed by atoms with Crippen molar-refractivity contribution in [2.24, 2.45) is 10.2 Å². The van der Waals surface area contributed by atoms with Crippen molar-refractivity contribution < 1.29 is 14.7 Å². The Balaban J connectivity index is 1.97. The van der Waals surface area contributed by atoms with Crippen molar-refractivity contribution in [3.8, 4) is 0 Å². The van der Waals surface area contributed by atoms with E-state index in [1.54, 1.807) is 36.4 Å². The molecule has 0 saturated carbocycles. The number of hydrogen-bond donors (Lipinski definition) is 2. The molecule has 22 heavy (non-hydrogen) atoms. The molecule has 0 heterocycles. The van der Waals surface area contributed by atoms with Crippen LogP contribution >= 0.6 is 0 Å². The Labute approximate surface area is 127 Å². The monoisotopic (exact) mass is 297 g/mol. The summed E-state index contributed by atoms with van der Waals surface area (Å²) >= 11 is 0. The maximum absolute atomic E-state index is 11.7. The second kappa shape index (κ2) is 7.68. The number of urea groups is 1. The van der Waals surface area contributed by atoms with Crippen LogP contribution in [0.5, 0.6) is 0 Å². The van der Waals surface area contributed by atoms with Gasteiger partial charge in [0.05, 0.1) is 5.69 Å². The van der Waals surface area contributed by atoms with E-state index < -0.39 is 18.0 Å². The minimum absolute atomic E-state index is 0.183. The lowest BCUT2D eigenvalue weighted by molar-refractivity contribution is -0.139. The number of benzene rings is 2. The van der Waals surface area contributed by atoms with Crippen molar-refractivity contribution in [1.29, 1.82) is 0 Å². The molecule has 6 heteroatoms. The molecule has 2 aromatic rings. The fourth-order valence-electron chi connectivity index (χ4n) is 1.83. The van der Waals surface area contributed by atoms with Gasteiger partial charge in [-0.15, -0.1) is 5.11 Å². The first-order valence-electron chi connectivity index (χ1n) is 6.69. The molecule has 0 unspecified atom stereocenters. The molecule has 0 aliphatic carbocycles. The van der Waals surface area contributed by atoms with Crippen LogP contribution in [0.4, 0.5) is 10.5 Å². The van der Waals surface area contributed by atoms with Gasteiger partial charge in [-0.05, 0) is 17.7 Å². The number of azo groups is 1. The van der Waals surface area contributed by atoms with Crippen LogP contribution in [0.1, 0.15) is 5.56 Å². The van der Waals surface area contributed by atoms with Gasteiger partial charge in [0.2, 0.25) is 0 Å². The molecular formula is C16H15N3O3. The number of carboxylic acids is 1. The summed E-state index contributed by atoms with van der Waals surface area (Å²) in [6.07, 6.45) is 0.183. The number of carbonyl (C=O) groups excluding carboxylic acids is 1.